The predicted molar refractivity (Wildman–Crippen MR) is 40.2 cm³/mol. The molecule has 0 saturated carbocycles. The average Bonchev–Trinajstić information content (AvgIpc) is 1.86. The summed E-state index contributed by atoms with van der Waals surface area (Å²) < 4.78 is 0. The van der Waals surface area contributed by atoms with E-state index in [0.717, 1.165) is 0 Å². The zero-order valence-corrected chi connectivity index (χ0v) is 6.52. The van der Waals surface area contributed by atoms with Crippen molar-refractivity contribution in [2.75, 3.05) is 6.61 Å². The molecule has 1 nitrogen and oxygen atoms in total. The molecule has 0 bridgehead atoms. The second kappa shape index (κ2) is 3.02. The maximum absolute atomic E-state index is 8.75. The Balaban J connectivity index is 3.95. The van der Waals surface area contributed by atoms with Crippen molar-refractivity contribution >= 4 is 0 Å². The van der Waals surface area contributed by atoms with Crippen LogP contribution in [0.25, 0.3) is 0 Å². The van der Waals surface area contributed by atoms with Crippen molar-refractivity contribution in [3.05, 3.63) is 12.7 Å². The van der Waals surface area contributed by atoms with Crippen LogP contribution in [0.1, 0.15) is 20.8 Å². The maximum Gasteiger partial charge on any atom is 0.0464 e. The minimum atomic E-state index is 0.0642. The highest BCUT2D eigenvalue weighted by atomic mass is 16.3. The highest BCUT2D eigenvalue weighted by molar-refractivity contribution is 4.90. The lowest BCUT2D eigenvalue weighted by atomic mass is 9.81. The highest BCUT2D eigenvalue weighted by Crippen LogP contribution is 2.26. The first-order chi connectivity index (χ1) is 4.04. The maximum atomic E-state index is 8.75. The van der Waals surface area contributed by atoms with Crippen LogP contribution in [0.5, 0.6) is 0 Å². The van der Waals surface area contributed by atoms with Gasteiger partial charge in [-0.2, -0.15) is 0 Å². The molecule has 1 heteroatoms. The SMILES string of the molecule is C=CC(C)(C)[C@H](C)CO. The molecule has 0 radical (unpaired) electrons. The van der Waals surface area contributed by atoms with Gasteiger partial charge in [0.1, 0.15) is 0 Å². The third kappa shape index (κ3) is 2.19. The van der Waals surface area contributed by atoms with Crippen LogP contribution in [-0.2, 0) is 0 Å². The summed E-state index contributed by atoms with van der Waals surface area (Å²) in [5.41, 5.74) is 0.0642. The van der Waals surface area contributed by atoms with Gasteiger partial charge in [0.25, 0.3) is 0 Å². The topological polar surface area (TPSA) is 20.2 Å². The van der Waals surface area contributed by atoms with Crippen LogP contribution < -0.4 is 0 Å². The summed E-state index contributed by atoms with van der Waals surface area (Å²) in [6.45, 7) is 10.1. The molecule has 0 amide bonds. The third-order valence-electron chi connectivity index (χ3n) is 2.07. The molecule has 0 aromatic carbocycles. The molecule has 0 aliphatic heterocycles. The van der Waals surface area contributed by atoms with Crippen molar-refractivity contribution in [1.82, 2.24) is 0 Å². The Kier molecular flexibility index (Phi) is 2.92. The molecule has 0 aliphatic rings. The van der Waals surface area contributed by atoms with E-state index in [1.165, 1.54) is 0 Å². The van der Waals surface area contributed by atoms with E-state index in [4.69, 9.17) is 5.11 Å². The van der Waals surface area contributed by atoms with E-state index in [1.54, 1.807) is 0 Å². The van der Waals surface area contributed by atoms with E-state index in [0.29, 0.717) is 5.92 Å². The van der Waals surface area contributed by atoms with Crippen LogP contribution in [0.3, 0.4) is 0 Å². The van der Waals surface area contributed by atoms with Crippen molar-refractivity contribution in [3.63, 3.8) is 0 Å². The summed E-state index contributed by atoms with van der Waals surface area (Å²) in [6.07, 6.45) is 1.88. The number of hydrogen-bond donors (Lipinski definition) is 1. The lowest BCUT2D eigenvalue weighted by Crippen LogP contribution is -2.21. The van der Waals surface area contributed by atoms with Gasteiger partial charge in [-0.3, -0.25) is 0 Å². The highest BCUT2D eigenvalue weighted by Gasteiger charge is 2.20. The van der Waals surface area contributed by atoms with Crippen LogP contribution in [0.15, 0.2) is 12.7 Å². The van der Waals surface area contributed by atoms with Gasteiger partial charge < -0.3 is 5.11 Å². The minimum absolute atomic E-state index is 0.0642. The van der Waals surface area contributed by atoms with Crippen molar-refractivity contribution in [3.8, 4) is 0 Å². The number of rotatable bonds is 3. The molecule has 0 heterocycles. The van der Waals surface area contributed by atoms with Gasteiger partial charge in [-0.25, -0.2) is 0 Å². The van der Waals surface area contributed by atoms with Crippen molar-refractivity contribution < 1.29 is 5.11 Å². The van der Waals surface area contributed by atoms with Gasteiger partial charge in [-0.15, -0.1) is 6.58 Å². The van der Waals surface area contributed by atoms with Crippen LogP contribution >= 0.6 is 0 Å². The number of aliphatic hydroxyl groups is 1. The van der Waals surface area contributed by atoms with Crippen molar-refractivity contribution in [2.45, 2.75) is 20.8 Å². The fraction of sp³-hybridized carbons (Fsp3) is 0.750. The second-order valence-corrected chi connectivity index (χ2v) is 3.11. The smallest absolute Gasteiger partial charge is 0.0464 e. The van der Waals surface area contributed by atoms with Crippen molar-refractivity contribution in [1.29, 1.82) is 0 Å². The molecule has 0 spiro atoms. The fourth-order valence-electron chi connectivity index (χ4n) is 0.436. The molecule has 0 aromatic rings. The molecular weight excluding hydrogens is 112 g/mol. The Morgan fingerprint density at radius 3 is 2.22 bits per heavy atom. The summed E-state index contributed by atoms with van der Waals surface area (Å²) in [4.78, 5) is 0. The van der Waals surface area contributed by atoms with Crippen LogP contribution in [0, 0.1) is 11.3 Å². The minimum Gasteiger partial charge on any atom is -0.396 e. The summed E-state index contributed by atoms with van der Waals surface area (Å²) in [5, 5.41) is 8.75. The molecule has 0 rings (SSSR count). The summed E-state index contributed by atoms with van der Waals surface area (Å²) in [5.74, 6) is 0.301. The van der Waals surface area contributed by atoms with Gasteiger partial charge in [-0.1, -0.05) is 26.8 Å². The predicted octanol–water partition coefficient (Wildman–Crippen LogP) is 1.83. The number of hydrogen-bond acceptors (Lipinski definition) is 1. The molecule has 0 aliphatic carbocycles. The number of aliphatic hydroxyl groups excluding tert-OH is 1. The van der Waals surface area contributed by atoms with Crippen LogP contribution in [0.2, 0.25) is 0 Å². The zero-order chi connectivity index (χ0) is 7.49. The Labute approximate surface area is 57.4 Å². The Bertz CT molecular complexity index is 94.7. The Morgan fingerprint density at radius 1 is 1.67 bits per heavy atom. The molecule has 0 fully saturated rings. The zero-order valence-electron chi connectivity index (χ0n) is 6.52. The standard InChI is InChI=1S/C8H16O/c1-5-8(3,4)7(2)6-9/h5,7,9H,1,6H2,2-4H3/t7-/m1/s1. The van der Waals surface area contributed by atoms with Gasteiger partial charge in [0.05, 0.1) is 0 Å². The van der Waals surface area contributed by atoms with E-state index in [9.17, 15) is 0 Å². The van der Waals surface area contributed by atoms with E-state index in [1.807, 2.05) is 13.0 Å². The normalized spacial score (nSPS) is 15.1. The third-order valence-corrected chi connectivity index (χ3v) is 2.07. The van der Waals surface area contributed by atoms with Crippen LogP contribution in [0.4, 0.5) is 0 Å². The molecule has 0 aromatic heterocycles. The van der Waals surface area contributed by atoms with E-state index >= 15 is 0 Å². The largest absolute Gasteiger partial charge is 0.396 e. The van der Waals surface area contributed by atoms with E-state index in [-0.39, 0.29) is 12.0 Å². The lowest BCUT2D eigenvalue weighted by molar-refractivity contribution is 0.165. The second-order valence-electron chi connectivity index (χ2n) is 3.11. The first kappa shape index (κ1) is 8.70. The monoisotopic (exact) mass is 128 g/mol. The number of allylic oxidation sites excluding steroid dienone is 1. The quantitative estimate of drug-likeness (QED) is 0.575. The fourth-order valence-corrected chi connectivity index (χ4v) is 0.436. The molecule has 9 heavy (non-hydrogen) atoms. The molecule has 1 atom stereocenters. The van der Waals surface area contributed by atoms with E-state index in [2.05, 4.69) is 20.4 Å². The van der Waals surface area contributed by atoms with Gasteiger partial charge in [0.2, 0.25) is 0 Å². The summed E-state index contributed by atoms with van der Waals surface area (Å²) in [7, 11) is 0. The molecule has 0 unspecified atom stereocenters. The average molecular weight is 128 g/mol. The first-order valence-electron chi connectivity index (χ1n) is 3.29. The van der Waals surface area contributed by atoms with E-state index < -0.39 is 0 Å². The summed E-state index contributed by atoms with van der Waals surface area (Å²) >= 11 is 0. The molecule has 0 saturated heterocycles. The molecule has 54 valence electrons. The van der Waals surface area contributed by atoms with Crippen LogP contribution in [-0.4, -0.2) is 11.7 Å². The van der Waals surface area contributed by atoms with Gasteiger partial charge in [-0.05, 0) is 11.3 Å². The molecule has 1 N–H and O–H groups in total. The first-order valence-corrected chi connectivity index (χ1v) is 3.29. The molecular formula is C8H16O. The lowest BCUT2D eigenvalue weighted by Gasteiger charge is -2.25. The van der Waals surface area contributed by atoms with Gasteiger partial charge in [0.15, 0.2) is 0 Å². The Hall–Kier alpha value is -0.300. The van der Waals surface area contributed by atoms with Crippen molar-refractivity contribution in [2.24, 2.45) is 11.3 Å². The Morgan fingerprint density at radius 2 is 2.11 bits per heavy atom. The van der Waals surface area contributed by atoms with Gasteiger partial charge >= 0.3 is 0 Å². The van der Waals surface area contributed by atoms with Gasteiger partial charge in [0, 0.05) is 6.61 Å². The summed E-state index contributed by atoms with van der Waals surface area (Å²) in [6, 6.07) is 0.